The predicted octanol–water partition coefficient (Wildman–Crippen LogP) is 2.82. The molecule has 2 N–H and O–H groups in total. The molecule has 2 aromatic rings. The quantitative estimate of drug-likeness (QED) is 0.879. The number of hydrogen-bond donors (Lipinski definition) is 1. The predicted molar refractivity (Wildman–Crippen MR) is 62.2 cm³/mol. The van der Waals surface area contributed by atoms with E-state index >= 15 is 0 Å². The molecule has 0 unspecified atom stereocenters. The highest BCUT2D eigenvalue weighted by atomic mass is 35.5. The summed E-state index contributed by atoms with van der Waals surface area (Å²) in [6, 6.07) is 7.22. The smallest absolute Gasteiger partial charge is 0.122 e. The molecule has 0 fully saturated rings. The van der Waals surface area contributed by atoms with E-state index in [1.807, 2.05) is 12.1 Å². The second-order valence-corrected chi connectivity index (χ2v) is 3.98. The maximum absolute atomic E-state index is 5.90. The average Bonchev–Trinajstić information content (AvgIpc) is 2.59. The Bertz CT molecular complexity index is 479. The van der Waals surface area contributed by atoms with Gasteiger partial charge >= 0.3 is 0 Å². The van der Waals surface area contributed by atoms with Crippen LogP contribution in [-0.2, 0) is 6.54 Å². The largest absolute Gasteiger partial charge is 0.384 e. The first kappa shape index (κ1) is 10.3. The van der Waals surface area contributed by atoms with Gasteiger partial charge in [0, 0.05) is 0 Å². The van der Waals surface area contributed by atoms with Crippen LogP contribution in [-0.4, -0.2) is 9.78 Å². The summed E-state index contributed by atoms with van der Waals surface area (Å²) < 4.78 is 1.69. The van der Waals surface area contributed by atoms with Crippen LogP contribution < -0.4 is 5.73 Å². The molecule has 1 heterocycles. The van der Waals surface area contributed by atoms with Crippen molar-refractivity contribution in [2.24, 2.45) is 0 Å². The summed E-state index contributed by atoms with van der Waals surface area (Å²) in [4.78, 5) is 0. The van der Waals surface area contributed by atoms with Gasteiger partial charge in [-0.15, -0.1) is 0 Å². The van der Waals surface area contributed by atoms with Gasteiger partial charge in [-0.25, -0.2) is 4.68 Å². The third kappa shape index (κ3) is 2.25. The number of nitrogens with two attached hydrogens (primary N) is 1. The minimum atomic E-state index is 0.542. The fourth-order valence-electron chi connectivity index (χ4n) is 1.29. The van der Waals surface area contributed by atoms with Gasteiger partial charge in [0.05, 0.1) is 22.8 Å². The van der Waals surface area contributed by atoms with Crippen LogP contribution in [0.4, 0.5) is 5.82 Å². The number of rotatable bonds is 2. The van der Waals surface area contributed by atoms with E-state index in [-0.39, 0.29) is 0 Å². The first-order valence-corrected chi connectivity index (χ1v) is 5.13. The van der Waals surface area contributed by atoms with E-state index in [0.717, 1.165) is 5.56 Å². The van der Waals surface area contributed by atoms with Crippen LogP contribution in [0, 0.1) is 0 Å². The lowest BCUT2D eigenvalue weighted by atomic mass is 10.2. The maximum Gasteiger partial charge on any atom is 0.122 e. The molecule has 78 valence electrons. The van der Waals surface area contributed by atoms with Gasteiger partial charge in [-0.05, 0) is 23.8 Å². The summed E-state index contributed by atoms with van der Waals surface area (Å²) in [5.41, 5.74) is 6.71. The Labute approximate surface area is 97.4 Å². The summed E-state index contributed by atoms with van der Waals surface area (Å²) in [7, 11) is 0. The molecule has 0 aliphatic rings. The van der Waals surface area contributed by atoms with Crippen molar-refractivity contribution in [3.8, 4) is 0 Å². The Morgan fingerprint density at radius 1 is 1.20 bits per heavy atom. The van der Waals surface area contributed by atoms with Gasteiger partial charge < -0.3 is 5.73 Å². The van der Waals surface area contributed by atoms with E-state index in [9.17, 15) is 0 Å². The second kappa shape index (κ2) is 4.13. The topological polar surface area (TPSA) is 43.8 Å². The number of aromatic nitrogens is 2. The molecule has 0 aliphatic heterocycles. The normalized spacial score (nSPS) is 10.5. The average molecular weight is 242 g/mol. The maximum atomic E-state index is 5.90. The van der Waals surface area contributed by atoms with Crippen molar-refractivity contribution in [2.75, 3.05) is 5.73 Å². The fraction of sp³-hybridized carbons (Fsp3) is 0.100. The lowest BCUT2D eigenvalue weighted by Crippen LogP contribution is -2.05. The van der Waals surface area contributed by atoms with E-state index < -0.39 is 0 Å². The fourth-order valence-corrected chi connectivity index (χ4v) is 1.61. The van der Waals surface area contributed by atoms with E-state index in [2.05, 4.69) is 5.10 Å². The van der Waals surface area contributed by atoms with Gasteiger partial charge in [0.15, 0.2) is 0 Å². The molecule has 5 heteroatoms. The molecule has 0 bridgehead atoms. The highest BCUT2D eigenvalue weighted by Crippen LogP contribution is 2.23. The van der Waals surface area contributed by atoms with Gasteiger partial charge in [0.2, 0.25) is 0 Å². The van der Waals surface area contributed by atoms with E-state index in [1.165, 1.54) is 0 Å². The highest BCUT2D eigenvalue weighted by molar-refractivity contribution is 6.42. The summed E-state index contributed by atoms with van der Waals surface area (Å²) in [6.45, 7) is 0.593. The van der Waals surface area contributed by atoms with Crippen LogP contribution in [0.5, 0.6) is 0 Å². The Hall–Kier alpha value is -1.19. The molecule has 0 radical (unpaired) electrons. The molecule has 0 atom stereocenters. The van der Waals surface area contributed by atoms with Crippen LogP contribution in [0.25, 0.3) is 0 Å². The lowest BCUT2D eigenvalue weighted by molar-refractivity contribution is 0.697. The molecule has 0 aliphatic carbocycles. The second-order valence-electron chi connectivity index (χ2n) is 3.16. The van der Waals surface area contributed by atoms with Gasteiger partial charge in [0.1, 0.15) is 5.82 Å². The molecule has 1 aromatic carbocycles. The van der Waals surface area contributed by atoms with Crippen molar-refractivity contribution < 1.29 is 0 Å². The molecule has 3 nitrogen and oxygen atoms in total. The zero-order valence-electron chi connectivity index (χ0n) is 7.82. The Morgan fingerprint density at radius 2 is 2.00 bits per heavy atom. The SMILES string of the molecule is Nc1ccnn1Cc1ccc(Cl)c(Cl)c1. The van der Waals surface area contributed by atoms with Crippen LogP contribution in [0.1, 0.15) is 5.56 Å². The van der Waals surface area contributed by atoms with Crippen LogP contribution in [0.2, 0.25) is 10.0 Å². The molecule has 0 saturated carbocycles. The first-order valence-electron chi connectivity index (χ1n) is 4.38. The van der Waals surface area contributed by atoms with Gasteiger partial charge in [-0.1, -0.05) is 29.3 Å². The summed E-state index contributed by atoms with van der Waals surface area (Å²) in [5.74, 6) is 0.626. The van der Waals surface area contributed by atoms with Crippen molar-refractivity contribution in [2.45, 2.75) is 6.54 Å². The van der Waals surface area contributed by atoms with Crippen LogP contribution in [0.15, 0.2) is 30.5 Å². The molecular formula is C10H9Cl2N3. The Balaban J connectivity index is 2.25. The van der Waals surface area contributed by atoms with Crippen molar-refractivity contribution >= 4 is 29.0 Å². The molecule has 0 amide bonds. The zero-order valence-corrected chi connectivity index (χ0v) is 9.33. The number of benzene rings is 1. The molecule has 2 rings (SSSR count). The van der Waals surface area contributed by atoms with E-state index in [1.54, 1.807) is 23.0 Å². The number of hydrogen-bond acceptors (Lipinski definition) is 2. The van der Waals surface area contributed by atoms with E-state index in [4.69, 9.17) is 28.9 Å². The number of nitrogens with zero attached hydrogens (tertiary/aromatic N) is 2. The number of anilines is 1. The number of nitrogen functional groups attached to an aromatic ring is 1. The molecule has 0 saturated heterocycles. The van der Waals surface area contributed by atoms with Crippen molar-refractivity contribution in [1.82, 2.24) is 9.78 Å². The van der Waals surface area contributed by atoms with Crippen molar-refractivity contribution in [3.05, 3.63) is 46.1 Å². The summed E-state index contributed by atoms with van der Waals surface area (Å²) in [6.07, 6.45) is 1.66. The highest BCUT2D eigenvalue weighted by Gasteiger charge is 2.02. The van der Waals surface area contributed by atoms with Crippen molar-refractivity contribution in [1.29, 1.82) is 0 Å². The minimum absolute atomic E-state index is 0.542. The minimum Gasteiger partial charge on any atom is -0.384 e. The monoisotopic (exact) mass is 241 g/mol. The zero-order chi connectivity index (χ0) is 10.8. The Morgan fingerprint density at radius 3 is 2.60 bits per heavy atom. The lowest BCUT2D eigenvalue weighted by Gasteiger charge is -2.05. The molecule has 0 spiro atoms. The number of halogens is 2. The van der Waals surface area contributed by atoms with E-state index in [0.29, 0.717) is 22.4 Å². The van der Waals surface area contributed by atoms with Gasteiger partial charge in [-0.3, -0.25) is 0 Å². The summed E-state index contributed by atoms with van der Waals surface area (Å²) >= 11 is 11.7. The molecule has 1 aromatic heterocycles. The van der Waals surface area contributed by atoms with Crippen molar-refractivity contribution in [3.63, 3.8) is 0 Å². The Kier molecular flexibility index (Phi) is 2.84. The first-order chi connectivity index (χ1) is 7.16. The molecular weight excluding hydrogens is 233 g/mol. The standard InChI is InChI=1S/C10H9Cl2N3/c11-8-2-1-7(5-9(8)12)6-15-10(13)3-4-14-15/h1-5H,6,13H2. The molecule has 15 heavy (non-hydrogen) atoms. The van der Waals surface area contributed by atoms with Crippen LogP contribution in [0.3, 0.4) is 0 Å². The van der Waals surface area contributed by atoms with Gasteiger partial charge in [0.25, 0.3) is 0 Å². The third-order valence-electron chi connectivity index (χ3n) is 2.07. The third-order valence-corrected chi connectivity index (χ3v) is 2.80. The van der Waals surface area contributed by atoms with Gasteiger partial charge in [-0.2, -0.15) is 5.10 Å². The summed E-state index contributed by atoms with van der Waals surface area (Å²) in [5, 5.41) is 5.17. The van der Waals surface area contributed by atoms with Crippen LogP contribution >= 0.6 is 23.2 Å².